The normalized spacial score (nSPS) is 12.7. The number of aromatic nitrogens is 6. The fourth-order valence-corrected chi connectivity index (χ4v) is 1.12. The highest BCUT2D eigenvalue weighted by Crippen LogP contribution is 2.12. The number of hydrogen-bond donors (Lipinski definition) is 2. The number of nitrogens with one attached hydrogen (secondary N) is 2. The number of H-pyrrole nitrogens is 1. The van der Waals surface area contributed by atoms with Crippen molar-refractivity contribution in [3.63, 3.8) is 0 Å². The molecule has 74 valence electrons. The third-order valence-electron chi connectivity index (χ3n) is 1.92. The first kappa shape index (κ1) is 8.67. The molecule has 2 aromatic heterocycles. The Balaban J connectivity index is 2.09. The maximum Gasteiger partial charge on any atom is 0.203 e. The van der Waals surface area contributed by atoms with Crippen molar-refractivity contribution < 1.29 is 0 Å². The highest BCUT2D eigenvalue weighted by Gasteiger charge is 2.11. The van der Waals surface area contributed by atoms with Gasteiger partial charge in [-0.25, -0.2) is 4.98 Å². The van der Waals surface area contributed by atoms with Gasteiger partial charge in [0, 0.05) is 19.4 Å². The van der Waals surface area contributed by atoms with Crippen LogP contribution in [0, 0.1) is 0 Å². The second kappa shape index (κ2) is 3.44. The van der Waals surface area contributed by atoms with Crippen LogP contribution in [0.1, 0.15) is 18.8 Å². The van der Waals surface area contributed by atoms with E-state index in [1.54, 1.807) is 6.20 Å². The van der Waals surface area contributed by atoms with E-state index in [2.05, 4.69) is 30.9 Å². The fraction of sp³-hybridized carbons (Fsp3) is 0.429. The summed E-state index contributed by atoms with van der Waals surface area (Å²) in [4.78, 5) is 4.13. The van der Waals surface area contributed by atoms with E-state index in [0.29, 0.717) is 5.82 Å². The van der Waals surface area contributed by atoms with Crippen LogP contribution in [0.5, 0.6) is 0 Å². The lowest BCUT2D eigenvalue weighted by molar-refractivity contribution is 0.765. The van der Waals surface area contributed by atoms with Crippen LogP contribution in [-0.2, 0) is 7.05 Å². The molecule has 0 bridgehead atoms. The minimum Gasteiger partial charge on any atom is -0.346 e. The molecule has 0 saturated heterocycles. The molecule has 0 aromatic carbocycles. The number of imidazole rings is 1. The summed E-state index contributed by atoms with van der Waals surface area (Å²) in [5.74, 6) is 1.40. The second-order valence-electron chi connectivity index (χ2n) is 3.00. The maximum absolute atomic E-state index is 4.13. The molecule has 2 N–H and O–H groups in total. The molecule has 7 nitrogen and oxygen atoms in total. The molecule has 0 aliphatic carbocycles. The quantitative estimate of drug-likeness (QED) is 0.722. The van der Waals surface area contributed by atoms with E-state index in [0.717, 1.165) is 5.95 Å². The monoisotopic (exact) mass is 193 g/mol. The Morgan fingerprint density at radius 1 is 1.57 bits per heavy atom. The van der Waals surface area contributed by atoms with Gasteiger partial charge in [0.1, 0.15) is 0 Å². The fourth-order valence-electron chi connectivity index (χ4n) is 1.12. The average molecular weight is 193 g/mol. The van der Waals surface area contributed by atoms with Gasteiger partial charge in [-0.2, -0.15) is 5.21 Å². The van der Waals surface area contributed by atoms with Crippen LogP contribution in [0.15, 0.2) is 12.4 Å². The summed E-state index contributed by atoms with van der Waals surface area (Å²) in [6.07, 6.45) is 3.59. The Bertz CT molecular complexity index is 390. The maximum atomic E-state index is 4.13. The predicted molar refractivity (Wildman–Crippen MR) is 49.4 cm³/mol. The van der Waals surface area contributed by atoms with E-state index >= 15 is 0 Å². The number of tetrazole rings is 1. The molecule has 1 unspecified atom stereocenters. The zero-order chi connectivity index (χ0) is 9.97. The van der Waals surface area contributed by atoms with Gasteiger partial charge in [-0.15, -0.1) is 10.2 Å². The predicted octanol–water partition coefficient (Wildman–Crippen LogP) is 0.106. The molecule has 7 heteroatoms. The molecule has 0 fully saturated rings. The lowest BCUT2D eigenvalue weighted by Crippen LogP contribution is -2.11. The molecule has 0 spiro atoms. The van der Waals surface area contributed by atoms with Crippen molar-refractivity contribution in [1.82, 2.24) is 30.2 Å². The Kier molecular flexibility index (Phi) is 2.13. The first-order valence-electron chi connectivity index (χ1n) is 4.24. The number of anilines is 1. The zero-order valence-corrected chi connectivity index (χ0v) is 7.97. The number of rotatable bonds is 3. The van der Waals surface area contributed by atoms with Crippen molar-refractivity contribution in [2.45, 2.75) is 13.0 Å². The molecule has 0 aliphatic rings. The Morgan fingerprint density at radius 3 is 3.00 bits per heavy atom. The van der Waals surface area contributed by atoms with Gasteiger partial charge in [-0.3, -0.25) is 0 Å². The van der Waals surface area contributed by atoms with Gasteiger partial charge >= 0.3 is 0 Å². The molecular weight excluding hydrogens is 182 g/mol. The first-order chi connectivity index (χ1) is 6.77. The number of aromatic amines is 1. The van der Waals surface area contributed by atoms with Crippen LogP contribution in [0.4, 0.5) is 5.95 Å². The largest absolute Gasteiger partial charge is 0.346 e. The number of hydrogen-bond acceptors (Lipinski definition) is 5. The van der Waals surface area contributed by atoms with Crippen molar-refractivity contribution in [3.05, 3.63) is 18.2 Å². The summed E-state index contributed by atoms with van der Waals surface area (Å²) < 4.78 is 1.89. The lowest BCUT2D eigenvalue weighted by Gasteiger charge is -2.10. The van der Waals surface area contributed by atoms with Gasteiger partial charge in [0.25, 0.3) is 0 Å². The van der Waals surface area contributed by atoms with Gasteiger partial charge in [0.05, 0.1) is 6.04 Å². The van der Waals surface area contributed by atoms with Crippen LogP contribution < -0.4 is 5.32 Å². The van der Waals surface area contributed by atoms with Crippen molar-refractivity contribution in [1.29, 1.82) is 0 Å². The zero-order valence-electron chi connectivity index (χ0n) is 7.97. The molecule has 1 atom stereocenters. The van der Waals surface area contributed by atoms with Crippen molar-refractivity contribution in [3.8, 4) is 0 Å². The SMILES string of the molecule is CC(Nc1nccn1C)c1nn[nH]n1. The smallest absolute Gasteiger partial charge is 0.203 e. The molecule has 0 saturated carbocycles. The van der Waals surface area contributed by atoms with Crippen LogP contribution in [-0.4, -0.2) is 30.2 Å². The molecule has 0 radical (unpaired) electrons. The second-order valence-corrected chi connectivity index (χ2v) is 3.00. The highest BCUT2D eigenvalue weighted by molar-refractivity contribution is 5.27. The highest BCUT2D eigenvalue weighted by atomic mass is 15.5. The van der Waals surface area contributed by atoms with Gasteiger partial charge in [-0.05, 0) is 6.92 Å². The van der Waals surface area contributed by atoms with Crippen LogP contribution >= 0.6 is 0 Å². The first-order valence-corrected chi connectivity index (χ1v) is 4.24. The van der Waals surface area contributed by atoms with E-state index in [9.17, 15) is 0 Å². The lowest BCUT2D eigenvalue weighted by atomic mass is 10.3. The summed E-state index contributed by atoms with van der Waals surface area (Å²) in [5, 5.41) is 16.8. The van der Waals surface area contributed by atoms with Gasteiger partial charge < -0.3 is 9.88 Å². The van der Waals surface area contributed by atoms with Crippen LogP contribution in [0.3, 0.4) is 0 Å². The van der Waals surface area contributed by atoms with Gasteiger partial charge in [0.2, 0.25) is 5.95 Å². The minimum atomic E-state index is -0.0187. The topological polar surface area (TPSA) is 84.3 Å². The summed E-state index contributed by atoms with van der Waals surface area (Å²) in [5.41, 5.74) is 0. The van der Waals surface area contributed by atoms with E-state index in [4.69, 9.17) is 0 Å². The van der Waals surface area contributed by atoms with Gasteiger partial charge in [0.15, 0.2) is 5.82 Å². The molecular formula is C7H11N7. The molecule has 14 heavy (non-hydrogen) atoms. The summed E-state index contributed by atoms with van der Waals surface area (Å²) in [6.45, 7) is 1.94. The van der Waals surface area contributed by atoms with Crippen molar-refractivity contribution in [2.75, 3.05) is 5.32 Å². The van der Waals surface area contributed by atoms with E-state index in [1.807, 2.05) is 24.7 Å². The van der Waals surface area contributed by atoms with Crippen LogP contribution in [0.2, 0.25) is 0 Å². The molecule has 2 aromatic rings. The van der Waals surface area contributed by atoms with E-state index in [-0.39, 0.29) is 6.04 Å². The molecule has 2 rings (SSSR count). The number of aryl methyl sites for hydroxylation is 1. The van der Waals surface area contributed by atoms with E-state index in [1.165, 1.54) is 0 Å². The van der Waals surface area contributed by atoms with Crippen LogP contribution in [0.25, 0.3) is 0 Å². The number of nitrogens with zero attached hydrogens (tertiary/aromatic N) is 5. The molecule has 0 aliphatic heterocycles. The molecule has 2 heterocycles. The summed E-state index contributed by atoms with van der Waals surface area (Å²) >= 11 is 0. The molecule has 0 amide bonds. The summed E-state index contributed by atoms with van der Waals surface area (Å²) in [7, 11) is 1.91. The van der Waals surface area contributed by atoms with Gasteiger partial charge in [-0.1, -0.05) is 5.21 Å². The summed E-state index contributed by atoms with van der Waals surface area (Å²) in [6, 6.07) is -0.0187. The standard InChI is InChI=1S/C7H11N7/c1-5(6-10-12-13-11-6)9-7-8-3-4-14(7)2/h3-5H,1-2H3,(H,8,9)(H,10,11,12,13). The van der Waals surface area contributed by atoms with Crippen molar-refractivity contribution in [2.24, 2.45) is 7.05 Å². The Hall–Kier alpha value is -1.92. The average Bonchev–Trinajstić information content (AvgIpc) is 2.77. The Morgan fingerprint density at radius 2 is 2.43 bits per heavy atom. The minimum absolute atomic E-state index is 0.0187. The third-order valence-corrected chi connectivity index (χ3v) is 1.92. The third kappa shape index (κ3) is 1.56. The van der Waals surface area contributed by atoms with Crippen molar-refractivity contribution >= 4 is 5.95 Å². The van der Waals surface area contributed by atoms with E-state index < -0.39 is 0 Å². The Labute approximate surface area is 80.5 Å².